The number of carbonyl (C=O) groups excluding carboxylic acids is 1. The third-order valence-electron chi connectivity index (χ3n) is 5.24. The van der Waals surface area contributed by atoms with E-state index in [1.54, 1.807) is 0 Å². The smallest absolute Gasteiger partial charge is 0.293 e. The molecule has 4 rings (SSSR count). The SMILES string of the molecule is O=COCC1c2ccccc2-c2cccc(C3CCCC3)c21. The van der Waals surface area contributed by atoms with E-state index in [0.29, 0.717) is 19.0 Å². The minimum absolute atomic E-state index is 0.188. The average Bonchev–Trinajstić information content (AvgIpc) is 3.19. The Hall–Kier alpha value is -2.09. The van der Waals surface area contributed by atoms with Gasteiger partial charge in [-0.15, -0.1) is 0 Å². The highest BCUT2D eigenvalue weighted by Crippen LogP contribution is 2.49. The number of hydrogen-bond donors (Lipinski definition) is 0. The molecule has 0 N–H and O–H groups in total. The van der Waals surface area contributed by atoms with Crippen LogP contribution in [0.5, 0.6) is 0 Å². The first-order chi connectivity index (χ1) is 10.9. The van der Waals surface area contributed by atoms with Crippen molar-refractivity contribution in [3.63, 3.8) is 0 Å². The van der Waals surface area contributed by atoms with E-state index in [4.69, 9.17) is 4.74 Å². The van der Waals surface area contributed by atoms with E-state index >= 15 is 0 Å². The first-order valence-corrected chi connectivity index (χ1v) is 8.17. The summed E-state index contributed by atoms with van der Waals surface area (Å²) in [7, 11) is 0. The summed E-state index contributed by atoms with van der Waals surface area (Å²) >= 11 is 0. The van der Waals surface area contributed by atoms with Gasteiger partial charge in [-0.2, -0.15) is 0 Å². The van der Waals surface area contributed by atoms with E-state index in [2.05, 4.69) is 42.5 Å². The van der Waals surface area contributed by atoms with Gasteiger partial charge < -0.3 is 4.74 Å². The van der Waals surface area contributed by atoms with Crippen LogP contribution >= 0.6 is 0 Å². The Labute approximate surface area is 131 Å². The van der Waals surface area contributed by atoms with Gasteiger partial charge >= 0.3 is 0 Å². The highest BCUT2D eigenvalue weighted by molar-refractivity contribution is 5.80. The maximum absolute atomic E-state index is 10.7. The molecule has 0 amide bonds. The lowest BCUT2D eigenvalue weighted by atomic mass is 9.86. The minimum atomic E-state index is 0.188. The van der Waals surface area contributed by atoms with Crippen molar-refractivity contribution in [1.82, 2.24) is 0 Å². The van der Waals surface area contributed by atoms with Gasteiger partial charge in [-0.25, -0.2) is 0 Å². The Kier molecular flexibility index (Phi) is 3.45. The molecule has 2 nitrogen and oxygen atoms in total. The van der Waals surface area contributed by atoms with Gasteiger partial charge in [-0.3, -0.25) is 4.79 Å². The molecular weight excluding hydrogens is 272 g/mol. The predicted octanol–water partition coefficient (Wildman–Crippen LogP) is 4.63. The fraction of sp³-hybridized carbons (Fsp3) is 0.350. The third kappa shape index (κ3) is 2.06. The molecule has 2 aliphatic carbocycles. The second-order valence-electron chi connectivity index (χ2n) is 6.36. The average molecular weight is 292 g/mol. The van der Waals surface area contributed by atoms with Crippen molar-refractivity contribution in [2.45, 2.75) is 37.5 Å². The van der Waals surface area contributed by atoms with Crippen molar-refractivity contribution in [2.75, 3.05) is 6.61 Å². The second-order valence-corrected chi connectivity index (χ2v) is 6.36. The standard InChI is InChI=1S/C20H20O2/c21-13-22-12-19-17-9-4-3-8-16(17)18-11-5-10-15(20(18)19)14-6-1-2-7-14/h3-5,8-11,13-14,19H,1-2,6-7,12H2. The van der Waals surface area contributed by atoms with Gasteiger partial charge in [0, 0.05) is 5.92 Å². The van der Waals surface area contributed by atoms with Gasteiger partial charge in [0.2, 0.25) is 0 Å². The molecule has 0 aromatic heterocycles. The fourth-order valence-corrected chi connectivity index (χ4v) is 4.31. The number of ether oxygens (including phenoxy) is 1. The predicted molar refractivity (Wildman–Crippen MR) is 86.9 cm³/mol. The fourth-order valence-electron chi connectivity index (χ4n) is 4.31. The minimum Gasteiger partial charge on any atom is -0.467 e. The number of carbonyl (C=O) groups is 1. The highest BCUT2D eigenvalue weighted by atomic mass is 16.5. The van der Waals surface area contributed by atoms with E-state index in [9.17, 15) is 4.79 Å². The first-order valence-electron chi connectivity index (χ1n) is 8.17. The number of hydrogen-bond acceptors (Lipinski definition) is 2. The zero-order chi connectivity index (χ0) is 14.9. The topological polar surface area (TPSA) is 26.3 Å². The van der Waals surface area contributed by atoms with Crippen LogP contribution in [0.25, 0.3) is 11.1 Å². The van der Waals surface area contributed by atoms with Crippen molar-refractivity contribution >= 4 is 6.47 Å². The van der Waals surface area contributed by atoms with Gasteiger partial charge in [0.25, 0.3) is 6.47 Å². The molecule has 2 heteroatoms. The van der Waals surface area contributed by atoms with Crippen molar-refractivity contribution in [3.05, 3.63) is 59.2 Å². The van der Waals surface area contributed by atoms with Gasteiger partial charge in [0.15, 0.2) is 0 Å². The lowest BCUT2D eigenvalue weighted by Crippen LogP contribution is -2.09. The molecule has 0 saturated heterocycles. The van der Waals surface area contributed by atoms with Gasteiger partial charge in [0.1, 0.15) is 6.61 Å². The van der Waals surface area contributed by atoms with Crippen LogP contribution < -0.4 is 0 Å². The third-order valence-corrected chi connectivity index (χ3v) is 5.24. The van der Waals surface area contributed by atoms with Crippen molar-refractivity contribution in [1.29, 1.82) is 0 Å². The van der Waals surface area contributed by atoms with Crippen LogP contribution in [0.3, 0.4) is 0 Å². The summed E-state index contributed by atoms with van der Waals surface area (Å²) in [6.07, 6.45) is 5.23. The van der Waals surface area contributed by atoms with Crippen LogP contribution in [0.1, 0.15) is 54.2 Å². The summed E-state index contributed by atoms with van der Waals surface area (Å²) in [4.78, 5) is 10.7. The number of fused-ring (bicyclic) bond motifs is 3. The molecule has 1 unspecified atom stereocenters. The van der Waals surface area contributed by atoms with Crippen LogP contribution in [0, 0.1) is 0 Å². The quantitative estimate of drug-likeness (QED) is 0.768. The molecule has 2 aromatic rings. The van der Waals surface area contributed by atoms with E-state index in [0.717, 1.165) is 0 Å². The maximum atomic E-state index is 10.7. The molecule has 1 atom stereocenters. The Morgan fingerprint density at radius 2 is 1.68 bits per heavy atom. The molecule has 0 aliphatic heterocycles. The molecule has 0 spiro atoms. The Morgan fingerprint density at radius 1 is 0.955 bits per heavy atom. The van der Waals surface area contributed by atoms with E-state index in [1.165, 1.54) is 53.5 Å². The van der Waals surface area contributed by atoms with Gasteiger partial charge in [-0.1, -0.05) is 55.3 Å². The molecule has 1 saturated carbocycles. The monoisotopic (exact) mass is 292 g/mol. The Bertz CT molecular complexity index is 699. The van der Waals surface area contributed by atoms with Crippen LogP contribution in [-0.4, -0.2) is 13.1 Å². The molecule has 1 fully saturated rings. The largest absolute Gasteiger partial charge is 0.467 e. The van der Waals surface area contributed by atoms with E-state index < -0.39 is 0 Å². The molecule has 112 valence electrons. The van der Waals surface area contributed by atoms with Gasteiger partial charge in [0.05, 0.1) is 0 Å². The normalized spacial score (nSPS) is 19.7. The molecule has 0 heterocycles. The second kappa shape index (κ2) is 5.60. The summed E-state index contributed by atoms with van der Waals surface area (Å²) in [5, 5.41) is 0. The summed E-state index contributed by atoms with van der Waals surface area (Å²) in [5.41, 5.74) is 6.81. The van der Waals surface area contributed by atoms with Crippen molar-refractivity contribution in [3.8, 4) is 11.1 Å². The van der Waals surface area contributed by atoms with Crippen LogP contribution in [-0.2, 0) is 9.53 Å². The van der Waals surface area contributed by atoms with Crippen molar-refractivity contribution in [2.24, 2.45) is 0 Å². The summed E-state index contributed by atoms with van der Waals surface area (Å²) in [6.45, 7) is 1.01. The van der Waals surface area contributed by atoms with Crippen LogP contribution in [0.2, 0.25) is 0 Å². The maximum Gasteiger partial charge on any atom is 0.293 e. The van der Waals surface area contributed by atoms with Crippen LogP contribution in [0.15, 0.2) is 42.5 Å². The lowest BCUT2D eigenvalue weighted by molar-refractivity contribution is -0.128. The number of rotatable bonds is 4. The summed E-state index contributed by atoms with van der Waals surface area (Å²) in [5.74, 6) is 0.858. The molecule has 0 bridgehead atoms. The van der Waals surface area contributed by atoms with Gasteiger partial charge in [-0.05, 0) is 46.6 Å². The Morgan fingerprint density at radius 3 is 2.50 bits per heavy atom. The molecule has 22 heavy (non-hydrogen) atoms. The number of benzene rings is 2. The van der Waals surface area contributed by atoms with Crippen LogP contribution in [0.4, 0.5) is 0 Å². The van der Waals surface area contributed by atoms with Crippen molar-refractivity contribution < 1.29 is 9.53 Å². The first kappa shape index (κ1) is 13.6. The van der Waals surface area contributed by atoms with E-state index in [1.807, 2.05) is 0 Å². The Balaban J connectivity index is 1.86. The molecule has 2 aromatic carbocycles. The van der Waals surface area contributed by atoms with E-state index in [-0.39, 0.29) is 5.92 Å². The molecule has 0 radical (unpaired) electrons. The summed E-state index contributed by atoms with van der Waals surface area (Å²) < 4.78 is 5.17. The highest BCUT2D eigenvalue weighted by Gasteiger charge is 2.33. The molecular formula is C20H20O2. The lowest BCUT2D eigenvalue weighted by Gasteiger charge is -2.20. The zero-order valence-electron chi connectivity index (χ0n) is 12.6. The zero-order valence-corrected chi connectivity index (χ0v) is 12.6. The molecule has 2 aliphatic rings. The summed E-state index contributed by atoms with van der Waals surface area (Å²) in [6, 6.07) is 15.2.